The number of Topliss-reactive ketones (excluding diaryl/α,β-unsaturated/α-hetero) is 1. The number of aryl methyl sites for hydroxylation is 2. The highest BCUT2D eigenvalue weighted by atomic mass is 19.4. The Labute approximate surface area is 198 Å². The lowest BCUT2D eigenvalue weighted by atomic mass is 9.96. The predicted molar refractivity (Wildman–Crippen MR) is 119 cm³/mol. The number of aliphatic hydroxyl groups is 1. The zero-order chi connectivity index (χ0) is 25.5. The van der Waals surface area contributed by atoms with E-state index < -0.39 is 35.6 Å². The molecular formula is C25H20F3NO6. The van der Waals surface area contributed by atoms with Crippen LogP contribution in [0.25, 0.3) is 5.76 Å². The molecular weight excluding hydrogens is 467 g/mol. The van der Waals surface area contributed by atoms with Gasteiger partial charge in [-0.3, -0.25) is 14.5 Å². The van der Waals surface area contributed by atoms with Crippen molar-refractivity contribution in [2.45, 2.75) is 26.3 Å². The molecule has 4 rings (SSSR count). The largest absolute Gasteiger partial charge is 0.573 e. The first-order valence-corrected chi connectivity index (χ1v) is 10.4. The van der Waals surface area contributed by atoms with Crippen LogP contribution in [0.1, 0.15) is 28.7 Å². The van der Waals surface area contributed by atoms with Gasteiger partial charge in [-0.05, 0) is 61.9 Å². The number of ether oxygens (including phenoxy) is 2. The molecule has 1 aliphatic heterocycles. The van der Waals surface area contributed by atoms with Crippen molar-refractivity contribution in [2.24, 2.45) is 0 Å². The van der Waals surface area contributed by atoms with Crippen molar-refractivity contribution >= 4 is 23.1 Å². The third kappa shape index (κ3) is 4.59. The minimum atomic E-state index is -4.95. The quantitative estimate of drug-likeness (QED) is 0.293. The normalized spacial score (nSPS) is 17.7. The number of hydrogen-bond donors (Lipinski definition) is 1. The molecule has 35 heavy (non-hydrogen) atoms. The molecule has 2 heterocycles. The number of anilines is 1. The summed E-state index contributed by atoms with van der Waals surface area (Å²) in [6, 6.07) is 11.4. The zero-order valence-electron chi connectivity index (χ0n) is 18.8. The Morgan fingerprint density at radius 1 is 1.03 bits per heavy atom. The summed E-state index contributed by atoms with van der Waals surface area (Å²) in [6.45, 7) is 3.35. The van der Waals surface area contributed by atoms with Crippen molar-refractivity contribution in [2.75, 3.05) is 12.0 Å². The van der Waals surface area contributed by atoms with Crippen molar-refractivity contribution in [3.05, 3.63) is 82.8 Å². The Balaban J connectivity index is 1.89. The van der Waals surface area contributed by atoms with Gasteiger partial charge in [-0.1, -0.05) is 6.07 Å². The minimum Gasteiger partial charge on any atom is -0.507 e. The second-order valence-electron chi connectivity index (χ2n) is 7.84. The van der Waals surface area contributed by atoms with E-state index >= 15 is 0 Å². The van der Waals surface area contributed by atoms with E-state index in [1.54, 1.807) is 38.1 Å². The number of nitrogens with zero attached hydrogens (tertiary/aromatic N) is 1. The van der Waals surface area contributed by atoms with E-state index in [9.17, 15) is 27.9 Å². The van der Waals surface area contributed by atoms with Gasteiger partial charge in [0.05, 0.1) is 12.7 Å². The van der Waals surface area contributed by atoms with Crippen molar-refractivity contribution in [3.63, 3.8) is 0 Å². The highest BCUT2D eigenvalue weighted by Gasteiger charge is 2.48. The Bertz CT molecular complexity index is 1340. The summed E-state index contributed by atoms with van der Waals surface area (Å²) in [6.07, 6.45) is -4.95. The van der Waals surface area contributed by atoms with Crippen LogP contribution in [0.4, 0.5) is 18.9 Å². The number of amides is 1. The number of rotatable bonds is 5. The van der Waals surface area contributed by atoms with Crippen molar-refractivity contribution in [1.29, 1.82) is 0 Å². The van der Waals surface area contributed by atoms with E-state index in [0.717, 1.165) is 17.0 Å². The van der Waals surface area contributed by atoms with Crippen LogP contribution in [-0.2, 0) is 9.59 Å². The molecule has 1 amide bonds. The summed E-state index contributed by atoms with van der Waals surface area (Å²) in [5.41, 5.74) is 0.549. The number of furan rings is 1. The lowest BCUT2D eigenvalue weighted by Gasteiger charge is -2.24. The first-order valence-electron chi connectivity index (χ1n) is 10.4. The number of hydrogen-bond acceptors (Lipinski definition) is 6. The molecule has 2 aromatic carbocycles. The van der Waals surface area contributed by atoms with Crippen LogP contribution in [-0.4, -0.2) is 30.3 Å². The van der Waals surface area contributed by atoms with Gasteiger partial charge in [0.2, 0.25) is 0 Å². The molecule has 1 atom stereocenters. The minimum absolute atomic E-state index is 0.0431. The Kier molecular flexibility index (Phi) is 6.06. The summed E-state index contributed by atoms with van der Waals surface area (Å²) in [7, 11) is 1.48. The van der Waals surface area contributed by atoms with Gasteiger partial charge in [0.15, 0.2) is 0 Å². The van der Waals surface area contributed by atoms with Gasteiger partial charge < -0.3 is 19.0 Å². The molecule has 1 unspecified atom stereocenters. The molecule has 0 saturated carbocycles. The topological polar surface area (TPSA) is 89.2 Å². The maximum atomic E-state index is 13.2. The van der Waals surface area contributed by atoms with Crippen LogP contribution in [0.15, 0.2) is 64.6 Å². The number of carbonyl (C=O) groups excluding carboxylic acids is 2. The number of aliphatic hydroxyl groups excluding tert-OH is 1. The highest BCUT2D eigenvalue weighted by molar-refractivity contribution is 6.51. The van der Waals surface area contributed by atoms with Crippen LogP contribution < -0.4 is 14.4 Å². The summed E-state index contributed by atoms with van der Waals surface area (Å²) in [5.74, 6) is -1.93. The van der Waals surface area contributed by atoms with Gasteiger partial charge in [-0.2, -0.15) is 0 Å². The standard InChI is InChI=1S/C25H20F3NO6/c1-13-11-16(33-3)8-9-18(13)22(30)20-21(19-10-7-14(2)34-19)29(24(32)23(20)31)15-5-4-6-17(12-15)35-25(26,27)28/h4-12,21,30H,1-3H3/b22-20-. The number of benzene rings is 2. The molecule has 1 fully saturated rings. The molecule has 0 bridgehead atoms. The molecule has 0 radical (unpaired) electrons. The van der Waals surface area contributed by atoms with Crippen molar-refractivity contribution < 1.29 is 41.8 Å². The molecule has 1 saturated heterocycles. The van der Waals surface area contributed by atoms with E-state index in [4.69, 9.17) is 9.15 Å². The van der Waals surface area contributed by atoms with Gasteiger partial charge in [0, 0.05) is 17.3 Å². The number of halogens is 3. The maximum absolute atomic E-state index is 13.2. The summed E-state index contributed by atoms with van der Waals surface area (Å²) >= 11 is 0. The Morgan fingerprint density at radius 2 is 1.77 bits per heavy atom. The average Bonchev–Trinajstić information content (AvgIpc) is 3.33. The molecule has 0 spiro atoms. The first-order chi connectivity index (χ1) is 16.5. The number of ketones is 1. The summed E-state index contributed by atoms with van der Waals surface area (Å²) < 4.78 is 53.1. The fourth-order valence-electron chi connectivity index (χ4n) is 3.97. The van der Waals surface area contributed by atoms with Gasteiger partial charge >= 0.3 is 6.36 Å². The third-order valence-electron chi connectivity index (χ3n) is 5.49. The summed E-state index contributed by atoms with van der Waals surface area (Å²) in [4.78, 5) is 27.3. The fraction of sp³-hybridized carbons (Fsp3) is 0.200. The van der Waals surface area contributed by atoms with Crippen LogP contribution in [0.5, 0.6) is 11.5 Å². The number of alkyl halides is 3. The molecule has 1 N–H and O–H groups in total. The van der Waals surface area contributed by atoms with E-state index in [2.05, 4.69) is 4.74 Å². The van der Waals surface area contributed by atoms with Gasteiger partial charge in [0.1, 0.15) is 34.8 Å². The molecule has 3 aromatic rings. The SMILES string of the molecule is COc1ccc(/C(O)=C2/C(=O)C(=O)N(c3cccc(OC(F)(F)F)c3)C2c2ccc(C)o2)c(C)c1. The van der Waals surface area contributed by atoms with E-state index in [1.165, 1.54) is 25.3 Å². The van der Waals surface area contributed by atoms with Crippen LogP contribution in [0, 0.1) is 13.8 Å². The average molecular weight is 487 g/mol. The smallest absolute Gasteiger partial charge is 0.507 e. The predicted octanol–water partition coefficient (Wildman–Crippen LogP) is 5.43. The van der Waals surface area contributed by atoms with E-state index in [-0.39, 0.29) is 22.6 Å². The van der Waals surface area contributed by atoms with Crippen molar-refractivity contribution in [3.8, 4) is 11.5 Å². The lowest BCUT2D eigenvalue weighted by molar-refractivity contribution is -0.274. The van der Waals surface area contributed by atoms with Gasteiger partial charge in [-0.15, -0.1) is 13.2 Å². The third-order valence-corrected chi connectivity index (χ3v) is 5.49. The molecule has 1 aliphatic rings. The maximum Gasteiger partial charge on any atom is 0.573 e. The molecule has 0 aliphatic carbocycles. The van der Waals surface area contributed by atoms with E-state index in [0.29, 0.717) is 17.1 Å². The monoisotopic (exact) mass is 487 g/mol. The molecule has 182 valence electrons. The number of carbonyl (C=O) groups is 2. The Hall–Kier alpha value is -4.21. The zero-order valence-corrected chi connectivity index (χ0v) is 18.8. The summed E-state index contributed by atoms with van der Waals surface area (Å²) in [5, 5.41) is 11.2. The molecule has 1 aromatic heterocycles. The second-order valence-corrected chi connectivity index (χ2v) is 7.84. The second kappa shape index (κ2) is 8.86. The van der Waals surface area contributed by atoms with Gasteiger partial charge in [0.25, 0.3) is 11.7 Å². The molecule has 10 heteroatoms. The van der Waals surface area contributed by atoms with Crippen LogP contribution in [0.2, 0.25) is 0 Å². The van der Waals surface area contributed by atoms with Crippen LogP contribution >= 0.6 is 0 Å². The van der Waals surface area contributed by atoms with Crippen molar-refractivity contribution in [1.82, 2.24) is 0 Å². The highest BCUT2D eigenvalue weighted by Crippen LogP contribution is 2.44. The Morgan fingerprint density at radius 3 is 2.37 bits per heavy atom. The lowest BCUT2D eigenvalue weighted by Crippen LogP contribution is -2.29. The van der Waals surface area contributed by atoms with E-state index in [1.807, 2.05) is 0 Å². The molecule has 7 nitrogen and oxygen atoms in total. The first kappa shape index (κ1) is 23.9. The number of methoxy groups -OCH3 is 1. The van der Waals surface area contributed by atoms with Crippen LogP contribution in [0.3, 0.4) is 0 Å². The fourth-order valence-corrected chi connectivity index (χ4v) is 3.97. The van der Waals surface area contributed by atoms with Gasteiger partial charge in [-0.25, -0.2) is 0 Å².